The number of amides is 3. The van der Waals surface area contributed by atoms with Gasteiger partial charge in [-0.15, -0.1) is 6.42 Å². The van der Waals surface area contributed by atoms with Gasteiger partial charge in [0.15, 0.2) is 0 Å². The fourth-order valence-corrected chi connectivity index (χ4v) is 2.81. The number of carbonyl (C=O) groups excluding carboxylic acids is 2. The van der Waals surface area contributed by atoms with Gasteiger partial charge in [0.1, 0.15) is 5.82 Å². The molecular weight excluding hydrogens is 381 g/mol. The van der Waals surface area contributed by atoms with Gasteiger partial charge < -0.3 is 15.5 Å². The number of hydrogen-bond acceptors (Lipinski definition) is 2. The van der Waals surface area contributed by atoms with Crippen LogP contribution in [0.4, 0.5) is 20.6 Å². The predicted octanol–water partition coefficient (Wildman–Crippen LogP) is 4.75. The summed E-state index contributed by atoms with van der Waals surface area (Å²) in [6, 6.07) is 21.1. The minimum atomic E-state index is -0.384. The maximum atomic E-state index is 13.1. The zero-order valence-electron chi connectivity index (χ0n) is 16.1. The van der Waals surface area contributed by atoms with E-state index in [1.807, 2.05) is 18.2 Å². The molecule has 0 atom stereocenters. The van der Waals surface area contributed by atoms with Crippen molar-refractivity contribution in [3.05, 3.63) is 95.8 Å². The highest BCUT2D eigenvalue weighted by molar-refractivity contribution is 6.00. The van der Waals surface area contributed by atoms with Gasteiger partial charge in [0.2, 0.25) is 0 Å². The number of halogens is 1. The van der Waals surface area contributed by atoms with Crippen LogP contribution in [-0.4, -0.2) is 23.4 Å². The standard InChI is InChI=1S/C24H20FN3O2/c1-2-16-28(17-18-8-12-20(25)13-9-18)23(29)19-10-14-22(15-11-19)27-24(30)26-21-6-4-3-5-7-21/h1,3-15H,16-17H2,(H2,26,27,30). The van der Waals surface area contributed by atoms with E-state index in [9.17, 15) is 14.0 Å². The molecule has 2 N–H and O–H groups in total. The first-order valence-corrected chi connectivity index (χ1v) is 9.25. The predicted molar refractivity (Wildman–Crippen MR) is 115 cm³/mol. The summed E-state index contributed by atoms with van der Waals surface area (Å²) in [5, 5.41) is 5.43. The lowest BCUT2D eigenvalue weighted by Crippen LogP contribution is -2.31. The normalized spacial score (nSPS) is 10.0. The Kier molecular flexibility index (Phi) is 6.80. The quantitative estimate of drug-likeness (QED) is 0.586. The number of benzene rings is 3. The molecule has 0 aliphatic rings. The van der Waals surface area contributed by atoms with E-state index >= 15 is 0 Å². The minimum absolute atomic E-state index is 0.121. The van der Waals surface area contributed by atoms with Crippen molar-refractivity contribution in [1.82, 2.24) is 4.90 Å². The van der Waals surface area contributed by atoms with Gasteiger partial charge in [-0.05, 0) is 54.1 Å². The Labute approximate surface area is 174 Å². The van der Waals surface area contributed by atoms with Gasteiger partial charge in [-0.3, -0.25) is 4.79 Å². The molecule has 3 amide bonds. The van der Waals surface area contributed by atoms with Gasteiger partial charge in [0, 0.05) is 23.5 Å². The Hall–Kier alpha value is -4.11. The van der Waals surface area contributed by atoms with Crippen molar-refractivity contribution in [1.29, 1.82) is 0 Å². The average molecular weight is 401 g/mol. The van der Waals surface area contributed by atoms with Crippen LogP contribution in [0.3, 0.4) is 0 Å². The van der Waals surface area contributed by atoms with Crippen LogP contribution in [0.25, 0.3) is 0 Å². The number of nitrogens with zero attached hydrogens (tertiary/aromatic N) is 1. The topological polar surface area (TPSA) is 61.4 Å². The molecule has 0 fully saturated rings. The van der Waals surface area contributed by atoms with E-state index in [-0.39, 0.29) is 30.8 Å². The largest absolute Gasteiger partial charge is 0.323 e. The zero-order chi connectivity index (χ0) is 21.3. The van der Waals surface area contributed by atoms with E-state index in [2.05, 4.69) is 16.6 Å². The Morgan fingerprint density at radius 3 is 2.07 bits per heavy atom. The van der Waals surface area contributed by atoms with Crippen LogP contribution >= 0.6 is 0 Å². The lowest BCUT2D eigenvalue weighted by Gasteiger charge is -2.20. The zero-order valence-corrected chi connectivity index (χ0v) is 16.1. The molecule has 0 unspecified atom stereocenters. The van der Waals surface area contributed by atoms with E-state index in [4.69, 9.17) is 6.42 Å². The molecule has 0 saturated heterocycles. The van der Waals surface area contributed by atoms with Crippen LogP contribution in [0.2, 0.25) is 0 Å². The van der Waals surface area contributed by atoms with Crippen LogP contribution in [-0.2, 0) is 6.54 Å². The van der Waals surface area contributed by atoms with Gasteiger partial charge in [0.25, 0.3) is 5.91 Å². The molecule has 6 heteroatoms. The maximum absolute atomic E-state index is 13.1. The fraction of sp³-hybridized carbons (Fsp3) is 0.0833. The van der Waals surface area contributed by atoms with E-state index in [1.54, 1.807) is 48.5 Å². The second-order valence-corrected chi connectivity index (χ2v) is 6.51. The molecule has 0 spiro atoms. The van der Waals surface area contributed by atoms with E-state index in [0.29, 0.717) is 16.9 Å². The number of terminal acetylenes is 1. The number of rotatable bonds is 6. The Bertz CT molecular complexity index is 1040. The lowest BCUT2D eigenvalue weighted by molar-refractivity contribution is 0.0766. The molecule has 5 nitrogen and oxygen atoms in total. The summed E-state index contributed by atoms with van der Waals surface area (Å²) < 4.78 is 13.1. The summed E-state index contributed by atoms with van der Waals surface area (Å²) >= 11 is 0. The number of carbonyl (C=O) groups is 2. The molecule has 0 heterocycles. The van der Waals surface area contributed by atoms with Crippen LogP contribution in [0, 0.1) is 18.2 Å². The van der Waals surface area contributed by atoms with E-state index in [1.165, 1.54) is 17.0 Å². The molecule has 150 valence electrons. The van der Waals surface area contributed by atoms with E-state index in [0.717, 1.165) is 5.56 Å². The van der Waals surface area contributed by atoms with Crippen LogP contribution in [0.15, 0.2) is 78.9 Å². The molecule has 0 aliphatic carbocycles. The summed E-state index contributed by atoms with van der Waals surface area (Å²) in [4.78, 5) is 26.4. The van der Waals surface area contributed by atoms with Crippen molar-refractivity contribution in [3.63, 3.8) is 0 Å². The molecule has 0 bridgehead atoms. The number of urea groups is 1. The third-order valence-corrected chi connectivity index (χ3v) is 4.28. The van der Waals surface area contributed by atoms with Crippen LogP contribution < -0.4 is 10.6 Å². The van der Waals surface area contributed by atoms with Crippen molar-refractivity contribution in [2.45, 2.75) is 6.54 Å². The van der Waals surface area contributed by atoms with Crippen molar-refractivity contribution in [2.75, 3.05) is 17.2 Å². The first-order valence-electron chi connectivity index (χ1n) is 9.25. The summed E-state index contributed by atoms with van der Waals surface area (Å²) in [6.45, 7) is 0.387. The van der Waals surface area contributed by atoms with Crippen molar-refractivity contribution in [2.24, 2.45) is 0 Å². The molecule has 30 heavy (non-hydrogen) atoms. The molecule has 0 saturated carbocycles. The molecule has 3 aromatic rings. The van der Waals surface area contributed by atoms with Gasteiger partial charge in [0.05, 0.1) is 6.54 Å². The highest BCUT2D eigenvalue weighted by Gasteiger charge is 2.15. The molecule has 0 radical (unpaired) electrons. The number of para-hydroxylation sites is 1. The minimum Gasteiger partial charge on any atom is -0.323 e. The molecule has 3 aromatic carbocycles. The first-order chi connectivity index (χ1) is 14.5. The van der Waals surface area contributed by atoms with Gasteiger partial charge in [-0.2, -0.15) is 0 Å². The maximum Gasteiger partial charge on any atom is 0.323 e. The fourth-order valence-electron chi connectivity index (χ4n) is 2.81. The smallest absolute Gasteiger partial charge is 0.323 e. The van der Waals surface area contributed by atoms with Gasteiger partial charge in [-0.25, -0.2) is 9.18 Å². The molecule has 3 rings (SSSR count). The first kappa shape index (κ1) is 20.6. The second-order valence-electron chi connectivity index (χ2n) is 6.51. The lowest BCUT2D eigenvalue weighted by atomic mass is 10.1. The monoisotopic (exact) mass is 401 g/mol. The molecular formula is C24H20FN3O2. The highest BCUT2D eigenvalue weighted by Crippen LogP contribution is 2.15. The van der Waals surface area contributed by atoms with Crippen molar-refractivity contribution >= 4 is 23.3 Å². The van der Waals surface area contributed by atoms with E-state index < -0.39 is 0 Å². The van der Waals surface area contributed by atoms with Gasteiger partial charge in [-0.1, -0.05) is 36.3 Å². The summed E-state index contributed by atoms with van der Waals surface area (Å²) in [5.74, 6) is 1.88. The highest BCUT2D eigenvalue weighted by atomic mass is 19.1. The average Bonchev–Trinajstić information content (AvgIpc) is 2.75. The molecule has 0 aliphatic heterocycles. The van der Waals surface area contributed by atoms with Crippen molar-refractivity contribution in [3.8, 4) is 12.3 Å². The second kappa shape index (κ2) is 9.89. The number of hydrogen-bond donors (Lipinski definition) is 2. The van der Waals surface area contributed by atoms with Crippen LogP contribution in [0.5, 0.6) is 0 Å². The van der Waals surface area contributed by atoms with Crippen LogP contribution in [0.1, 0.15) is 15.9 Å². The summed E-state index contributed by atoms with van der Waals surface area (Å²) in [7, 11) is 0. The van der Waals surface area contributed by atoms with Gasteiger partial charge >= 0.3 is 6.03 Å². The SMILES string of the molecule is C#CCN(Cc1ccc(F)cc1)C(=O)c1ccc(NC(=O)Nc2ccccc2)cc1. The third kappa shape index (κ3) is 5.69. The number of nitrogens with one attached hydrogen (secondary N) is 2. The van der Waals surface area contributed by atoms with Crippen molar-refractivity contribution < 1.29 is 14.0 Å². The Balaban J connectivity index is 1.64. The third-order valence-electron chi connectivity index (χ3n) is 4.28. The summed E-state index contributed by atoms with van der Waals surface area (Å²) in [5.41, 5.74) is 2.42. The Morgan fingerprint density at radius 1 is 0.867 bits per heavy atom. The molecule has 0 aromatic heterocycles. The summed E-state index contributed by atoms with van der Waals surface area (Å²) in [6.07, 6.45) is 5.41. The number of anilines is 2. The Morgan fingerprint density at radius 2 is 1.47 bits per heavy atom.